The lowest BCUT2D eigenvalue weighted by Gasteiger charge is -2.32. The number of Topliss-reactive ketones (excluding diaryl/α,β-unsaturated/α-hetero) is 1. The van der Waals surface area contributed by atoms with Crippen molar-refractivity contribution in [3.8, 4) is 0 Å². The van der Waals surface area contributed by atoms with Crippen molar-refractivity contribution in [2.45, 2.75) is 65.3 Å². The number of hydrogen-bond acceptors (Lipinski definition) is 5. The zero-order chi connectivity index (χ0) is 19.8. The van der Waals surface area contributed by atoms with E-state index < -0.39 is 23.9 Å². The van der Waals surface area contributed by atoms with E-state index in [-0.39, 0.29) is 12.3 Å². The lowest BCUT2D eigenvalue weighted by atomic mass is 9.78. The Labute approximate surface area is 155 Å². The van der Waals surface area contributed by atoms with Crippen molar-refractivity contribution in [3.05, 3.63) is 29.8 Å². The van der Waals surface area contributed by atoms with E-state index in [1.165, 1.54) is 0 Å². The highest BCUT2D eigenvalue weighted by atomic mass is 16.7. The Bertz CT molecular complexity index is 648. The summed E-state index contributed by atoms with van der Waals surface area (Å²) in [6.07, 6.45) is 0.516. The molecule has 1 aromatic rings. The first-order valence-corrected chi connectivity index (χ1v) is 8.74. The average Bonchev–Trinajstić information content (AvgIpc) is 2.73. The van der Waals surface area contributed by atoms with Crippen LogP contribution in [-0.2, 0) is 18.9 Å². The Balaban J connectivity index is 2.05. The maximum absolute atomic E-state index is 12.4. The van der Waals surface area contributed by atoms with Crippen LogP contribution in [0.15, 0.2) is 24.3 Å². The monoisotopic (exact) mass is 361 g/mol. The van der Waals surface area contributed by atoms with Crippen molar-refractivity contribution in [2.24, 2.45) is 0 Å². The Morgan fingerprint density at radius 2 is 1.62 bits per heavy atom. The lowest BCUT2D eigenvalue weighted by molar-refractivity contribution is -0.211. The molecule has 1 amide bonds. The van der Waals surface area contributed by atoms with Gasteiger partial charge >= 0.3 is 7.12 Å². The molecule has 1 aliphatic rings. The van der Waals surface area contributed by atoms with Gasteiger partial charge in [-0.2, -0.15) is 0 Å². The van der Waals surface area contributed by atoms with Crippen LogP contribution < -0.4 is 5.46 Å². The van der Waals surface area contributed by atoms with Crippen LogP contribution in [0.3, 0.4) is 0 Å². The Kier molecular flexibility index (Phi) is 5.66. The maximum atomic E-state index is 12.4. The van der Waals surface area contributed by atoms with E-state index >= 15 is 0 Å². The fourth-order valence-electron chi connectivity index (χ4n) is 2.48. The molecular weight excluding hydrogens is 333 g/mol. The fourth-order valence-corrected chi connectivity index (χ4v) is 2.48. The molecule has 0 saturated carbocycles. The van der Waals surface area contributed by atoms with Crippen molar-refractivity contribution >= 4 is 24.8 Å². The number of carbonyl (C=O) groups is 2. The van der Waals surface area contributed by atoms with Crippen LogP contribution in [0.1, 0.15) is 58.8 Å². The van der Waals surface area contributed by atoms with Crippen molar-refractivity contribution in [3.63, 3.8) is 0 Å². The SMILES string of the molecule is CC(C)(C)ON(C=O)CC(=O)c1ccc(B2OC(C)(C)C(C)(C)O2)cc1. The van der Waals surface area contributed by atoms with Crippen LogP contribution in [0.25, 0.3) is 0 Å². The summed E-state index contributed by atoms with van der Waals surface area (Å²) < 4.78 is 12.0. The minimum atomic E-state index is -0.554. The summed E-state index contributed by atoms with van der Waals surface area (Å²) in [5.41, 5.74) is -0.0445. The van der Waals surface area contributed by atoms with E-state index in [1.54, 1.807) is 12.1 Å². The number of nitrogens with zero attached hydrogens (tertiary/aromatic N) is 1. The van der Waals surface area contributed by atoms with Gasteiger partial charge in [0.05, 0.1) is 16.8 Å². The Hall–Kier alpha value is -1.70. The highest BCUT2D eigenvalue weighted by Gasteiger charge is 2.51. The molecule has 1 heterocycles. The highest BCUT2D eigenvalue weighted by Crippen LogP contribution is 2.36. The molecule has 1 aromatic carbocycles. The summed E-state index contributed by atoms with van der Waals surface area (Å²) >= 11 is 0. The molecular formula is C19H28BNO5. The topological polar surface area (TPSA) is 65.1 Å². The minimum absolute atomic E-state index is 0.142. The second-order valence-corrected chi connectivity index (χ2v) is 8.52. The number of hydroxylamine groups is 2. The summed E-state index contributed by atoms with van der Waals surface area (Å²) in [6, 6.07) is 7.04. The van der Waals surface area contributed by atoms with Crippen LogP contribution in [-0.4, -0.2) is 47.7 Å². The smallest absolute Gasteiger partial charge is 0.399 e. The Morgan fingerprint density at radius 3 is 2.04 bits per heavy atom. The molecule has 1 saturated heterocycles. The number of rotatable bonds is 6. The van der Waals surface area contributed by atoms with Crippen LogP contribution in [0.2, 0.25) is 0 Å². The second kappa shape index (κ2) is 7.14. The highest BCUT2D eigenvalue weighted by molar-refractivity contribution is 6.62. The van der Waals surface area contributed by atoms with Gasteiger partial charge in [-0.3, -0.25) is 14.4 Å². The van der Waals surface area contributed by atoms with Crippen LogP contribution in [0, 0.1) is 0 Å². The predicted octanol–water partition coefficient (Wildman–Crippen LogP) is 2.36. The van der Waals surface area contributed by atoms with Gasteiger partial charge in [-0.05, 0) is 53.9 Å². The van der Waals surface area contributed by atoms with E-state index in [4.69, 9.17) is 14.1 Å². The van der Waals surface area contributed by atoms with Gasteiger partial charge in [-0.1, -0.05) is 24.3 Å². The number of amides is 1. The third-order valence-corrected chi connectivity index (χ3v) is 4.57. The van der Waals surface area contributed by atoms with Crippen molar-refractivity contribution in [1.29, 1.82) is 0 Å². The van der Waals surface area contributed by atoms with Crippen LogP contribution >= 0.6 is 0 Å². The number of benzene rings is 1. The third-order valence-electron chi connectivity index (χ3n) is 4.57. The molecule has 0 aliphatic carbocycles. The van der Waals surface area contributed by atoms with Gasteiger partial charge in [0.25, 0.3) is 0 Å². The summed E-state index contributed by atoms with van der Waals surface area (Å²) in [5.74, 6) is -0.207. The van der Waals surface area contributed by atoms with E-state index in [0.717, 1.165) is 10.5 Å². The first-order valence-electron chi connectivity index (χ1n) is 8.74. The van der Waals surface area contributed by atoms with E-state index in [9.17, 15) is 9.59 Å². The molecule has 0 bridgehead atoms. The third kappa shape index (κ3) is 4.72. The molecule has 142 valence electrons. The molecule has 2 rings (SSSR count). The molecule has 0 unspecified atom stereocenters. The van der Waals surface area contributed by atoms with Crippen LogP contribution in [0.4, 0.5) is 0 Å². The van der Waals surface area contributed by atoms with E-state index in [1.807, 2.05) is 60.6 Å². The number of hydrogen-bond donors (Lipinski definition) is 0. The van der Waals surface area contributed by atoms with Gasteiger partial charge in [0, 0.05) is 5.56 Å². The van der Waals surface area contributed by atoms with Gasteiger partial charge in [0.1, 0.15) is 6.54 Å². The molecule has 0 spiro atoms. The molecule has 0 N–H and O–H groups in total. The molecule has 1 fully saturated rings. The zero-order valence-electron chi connectivity index (χ0n) is 16.7. The predicted molar refractivity (Wildman–Crippen MR) is 100 cm³/mol. The molecule has 26 heavy (non-hydrogen) atoms. The molecule has 6 nitrogen and oxygen atoms in total. The average molecular weight is 361 g/mol. The van der Waals surface area contributed by atoms with Gasteiger partial charge in [0.15, 0.2) is 5.78 Å². The summed E-state index contributed by atoms with van der Waals surface area (Å²) in [6.45, 7) is 13.3. The fraction of sp³-hybridized carbons (Fsp3) is 0.579. The van der Waals surface area contributed by atoms with Crippen LogP contribution in [0.5, 0.6) is 0 Å². The van der Waals surface area contributed by atoms with Gasteiger partial charge in [0.2, 0.25) is 6.41 Å². The first kappa shape index (κ1) is 20.6. The molecule has 7 heteroatoms. The van der Waals surface area contributed by atoms with Crippen molar-refractivity contribution < 1.29 is 23.7 Å². The van der Waals surface area contributed by atoms with Crippen molar-refractivity contribution in [2.75, 3.05) is 6.54 Å². The molecule has 0 aromatic heterocycles. The van der Waals surface area contributed by atoms with Gasteiger partial charge in [-0.25, -0.2) is 5.06 Å². The summed E-state index contributed by atoms with van der Waals surface area (Å²) in [4.78, 5) is 28.9. The largest absolute Gasteiger partial charge is 0.494 e. The van der Waals surface area contributed by atoms with Gasteiger partial charge in [-0.15, -0.1) is 0 Å². The van der Waals surface area contributed by atoms with E-state index in [0.29, 0.717) is 12.0 Å². The lowest BCUT2D eigenvalue weighted by Crippen LogP contribution is -2.41. The second-order valence-electron chi connectivity index (χ2n) is 8.52. The normalized spacial score (nSPS) is 18.7. The minimum Gasteiger partial charge on any atom is -0.399 e. The quantitative estimate of drug-likeness (QED) is 0.337. The standard InChI is InChI=1S/C19H28BNO5/c1-17(2,3)26-21(13-22)12-16(23)14-8-10-15(11-9-14)20-24-18(4,5)19(6,7)25-20/h8-11,13H,12H2,1-7H3. The maximum Gasteiger partial charge on any atom is 0.494 e. The molecule has 0 atom stereocenters. The van der Waals surface area contributed by atoms with E-state index in [2.05, 4.69) is 0 Å². The van der Waals surface area contributed by atoms with Crippen molar-refractivity contribution in [1.82, 2.24) is 5.06 Å². The zero-order valence-corrected chi connectivity index (χ0v) is 16.7. The Morgan fingerprint density at radius 1 is 1.12 bits per heavy atom. The number of carbonyl (C=O) groups excluding carboxylic acids is 2. The summed E-state index contributed by atoms with van der Waals surface area (Å²) in [7, 11) is -0.472. The summed E-state index contributed by atoms with van der Waals surface area (Å²) in [5, 5.41) is 1.02. The first-order chi connectivity index (χ1) is 11.8. The number of ketones is 1. The van der Waals surface area contributed by atoms with Gasteiger partial charge < -0.3 is 9.31 Å². The molecule has 1 aliphatic heterocycles. The molecule has 0 radical (unpaired) electrons.